The molecule has 0 radical (unpaired) electrons. The van der Waals surface area contributed by atoms with Crippen LogP contribution in [0.1, 0.15) is 43.6 Å². The molecule has 0 heterocycles. The number of hydrogen-bond donors (Lipinski definition) is 1. The van der Waals surface area contributed by atoms with Gasteiger partial charge in [0.2, 0.25) is 0 Å². The van der Waals surface area contributed by atoms with Crippen LogP contribution in [0.2, 0.25) is 19.6 Å². The van der Waals surface area contributed by atoms with Gasteiger partial charge in [-0.1, -0.05) is 19.6 Å². The predicted octanol–water partition coefficient (Wildman–Crippen LogP) is 3.26. The van der Waals surface area contributed by atoms with Gasteiger partial charge in [-0.25, -0.2) is 8.78 Å². The Morgan fingerprint density at radius 1 is 1.17 bits per heavy atom. The minimum atomic E-state index is -2.28. The highest BCUT2D eigenvalue weighted by Gasteiger charge is 2.32. The minimum absolute atomic E-state index is 0.0266. The number of carbonyl (C=O) groups excluding carboxylic acids is 1. The summed E-state index contributed by atoms with van der Waals surface area (Å²) in [5.41, 5.74) is -0.202. The molecule has 0 atom stereocenters. The number of nitrogens with zero attached hydrogens (tertiary/aromatic N) is 1. The average molecular weight is 343 g/mol. The molecule has 1 amide bonds. The van der Waals surface area contributed by atoms with Crippen molar-refractivity contribution in [3.8, 4) is 0 Å². The normalized spacial score (nSPS) is 12.2. The number of rotatable bonds is 5. The van der Waals surface area contributed by atoms with Gasteiger partial charge in [-0.15, -0.1) is 0 Å². The maximum Gasteiger partial charge on any atom is 0.254 e. The van der Waals surface area contributed by atoms with Crippen molar-refractivity contribution in [1.82, 2.24) is 4.90 Å². The van der Waals surface area contributed by atoms with Crippen molar-refractivity contribution in [1.29, 1.82) is 0 Å². The van der Waals surface area contributed by atoms with Gasteiger partial charge in [-0.05, 0) is 33.8 Å². The van der Waals surface area contributed by atoms with Crippen LogP contribution in [0, 0.1) is 11.6 Å². The second kappa shape index (κ2) is 7.09. The van der Waals surface area contributed by atoms with E-state index in [1.165, 1.54) is 0 Å². The van der Waals surface area contributed by atoms with Gasteiger partial charge >= 0.3 is 0 Å². The lowest BCUT2D eigenvalue weighted by Gasteiger charge is -2.32. The van der Waals surface area contributed by atoms with Gasteiger partial charge in [0.25, 0.3) is 5.91 Å². The highest BCUT2D eigenvalue weighted by atomic mass is 28.3. The molecule has 1 aromatic rings. The van der Waals surface area contributed by atoms with Crippen molar-refractivity contribution in [2.24, 2.45) is 0 Å². The fourth-order valence-electron chi connectivity index (χ4n) is 2.90. The number of amides is 1. The summed E-state index contributed by atoms with van der Waals surface area (Å²) in [6.45, 7) is 12.2. The largest absolute Gasteiger partial charge is 0.392 e. The summed E-state index contributed by atoms with van der Waals surface area (Å²) in [5, 5.41) is 9.60. The van der Waals surface area contributed by atoms with Crippen LogP contribution < -0.4 is 5.19 Å². The van der Waals surface area contributed by atoms with Gasteiger partial charge in [0.1, 0.15) is 11.6 Å². The summed E-state index contributed by atoms with van der Waals surface area (Å²) >= 11 is 0. The Hall–Kier alpha value is -1.27. The Kier molecular flexibility index (Phi) is 6.10. The lowest BCUT2D eigenvalue weighted by molar-refractivity contribution is 0.0639. The zero-order chi connectivity index (χ0) is 18.1. The topological polar surface area (TPSA) is 40.5 Å². The second-order valence-electron chi connectivity index (χ2n) is 7.38. The van der Waals surface area contributed by atoms with Gasteiger partial charge in [-0.2, -0.15) is 0 Å². The summed E-state index contributed by atoms with van der Waals surface area (Å²) in [5.74, 6) is -1.93. The molecule has 1 rings (SSSR count). The van der Waals surface area contributed by atoms with E-state index in [4.69, 9.17) is 0 Å². The smallest absolute Gasteiger partial charge is 0.254 e. The van der Waals surface area contributed by atoms with E-state index in [0.717, 1.165) is 6.07 Å². The van der Waals surface area contributed by atoms with Crippen LogP contribution in [0.4, 0.5) is 8.78 Å². The molecule has 6 heteroatoms. The van der Waals surface area contributed by atoms with Crippen molar-refractivity contribution in [3.63, 3.8) is 0 Å². The summed E-state index contributed by atoms with van der Waals surface area (Å²) in [7, 11) is -2.28. The third-order valence-corrected chi connectivity index (χ3v) is 5.76. The number of aliphatic hydroxyl groups is 1. The van der Waals surface area contributed by atoms with Gasteiger partial charge in [0, 0.05) is 22.8 Å². The molecule has 0 aliphatic heterocycles. The van der Waals surface area contributed by atoms with E-state index >= 15 is 0 Å². The molecule has 0 saturated carbocycles. The lowest BCUT2D eigenvalue weighted by Crippen LogP contribution is -2.45. The first kappa shape index (κ1) is 19.8. The van der Waals surface area contributed by atoms with Crippen LogP contribution in [-0.4, -0.2) is 36.1 Å². The van der Waals surface area contributed by atoms with Crippen molar-refractivity contribution in [3.05, 3.63) is 28.8 Å². The van der Waals surface area contributed by atoms with E-state index in [-0.39, 0.29) is 28.4 Å². The van der Waals surface area contributed by atoms with Crippen LogP contribution >= 0.6 is 0 Å². The highest BCUT2D eigenvalue weighted by Crippen LogP contribution is 2.22. The molecular formula is C17H27F2NO2Si. The Morgan fingerprint density at radius 3 is 2.00 bits per heavy atom. The Morgan fingerprint density at radius 2 is 1.65 bits per heavy atom. The third-order valence-electron chi connectivity index (χ3n) is 3.81. The van der Waals surface area contributed by atoms with Gasteiger partial charge in [0.15, 0.2) is 0 Å². The lowest BCUT2D eigenvalue weighted by atomic mass is 10.0. The number of hydrogen-bond acceptors (Lipinski definition) is 2. The molecule has 130 valence electrons. The van der Waals surface area contributed by atoms with E-state index in [1.54, 1.807) is 4.90 Å². The molecule has 0 aliphatic carbocycles. The van der Waals surface area contributed by atoms with Crippen LogP contribution in [-0.2, 0) is 6.61 Å². The fourth-order valence-corrected chi connectivity index (χ4v) is 4.50. The van der Waals surface area contributed by atoms with Crippen molar-refractivity contribution >= 4 is 19.2 Å². The quantitative estimate of drug-likeness (QED) is 0.834. The van der Waals surface area contributed by atoms with E-state index in [0.29, 0.717) is 0 Å². The molecule has 1 aromatic carbocycles. The first-order valence-electron chi connectivity index (χ1n) is 7.88. The second-order valence-corrected chi connectivity index (χ2v) is 12.4. The molecule has 1 N–H and O–H groups in total. The Balaban J connectivity index is 3.58. The molecule has 23 heavy (non-hydrogen) atoms. The predicted molar refractivity (Wildman–Crippen MR) is 91.7 cm³/mol. The van der Waals surface area contributed by atoms with E-state index in [2.05, 4.69) is 0 Å². The molecule has 0 saturated heterocycles. The summed E-state index contributed by atoms with van der Waals surface area (Å²) in [4.78, 5) is 14.3. The maximum atomic E-state index is 14.8. The van der Waals surface area contributed by atoms with Gasteiger partial charge in [0.05, 0.1) is 20.2 Å². The number of halogens is 2. The standard InChI is InChI=1S/C17H27F2NO2Si/c1-10(2)20(11(3)4)17(22)12-8-14(18)16(23(5,6)7)15(19)13(12)9-21/h8,10-11,21H,9H2,1-7H3. The Bertz CT molecular complexity index is 587. The summed E-state index contributed by atoms with van der Waals surface area (Å²) in [6, 6.07) is 0.858. The number of carbonyl (C=O) groups is 1. The van der Waals surface area contributed by atoms with Gasteiger partial charge in [-0.3, -0.25) is 4.79 Å². The van der Waals surface area contributed by atoms with Crippen LogP contribution in [0.25, 0.3) is 0 Å². The minimum Gasteiger partial charge on any atom is -0.392 e. The molecule has 0 fully saturated rings. The van der Waals surface area contributed by atoms with Crippen LogP contribution in [0.15, 0.2) is 6.07 Å². The third kappa shape index (κ3) is 3.98. The fraction of sp³-hybridized carbons (Fsp3) is 0.588. The first-order valence-corrected chi connectivity index (χ1v) is 11.4. The summed E-state index contributed by atoms with van der Waals surface area (Å²) in [6.07, 6.45) is 0. The van der Waals surface area contributed by atoms with Crippen LogP contribution in [0.3, 0.4) is 0 Å². The Labute approximate surface area is 138 Å². The SMILES string of the molecule is CC(C)N(C(=O)c1cc(F)c([Si](C)(C)C)c(F)c1CO)C(C)C. The van der Waals surface area contributed by atoms with E-state index in [9.17, 15) is 18.7 Å². The maximum absolute atomic E-state index is 14.8. The monoisotopic (exact) mass is 343 g/mol. The van der Waals surface area contributed by atoms with Crippen molar-refractivity contribution in [2.75, 3.05) is 0 Å². The number of benzene rings is 1. The highest BCUT2D eigenvalue weighted by molar-refractivity contribution is 6.88. The zero-order valence-electron chi connectivity index (χ0n) is 15.0. The molecule has 0 bridgehead atoms. The average Bonchev–Trinajstić information content (AvgIpc) is 2.35. The van der Waals surface area contributed by atoms with Crippen molar-refractivity contribution < 1.29 is 18.7 Å². The molecule has 3 nitrogen and oxygen atoms in total. The van der Waals surface area contributed by atoms with E-state index < -0.39 is 32.2 Å². The molecule has 0 unspecified atom stereocenters. The van der Waals surface area contributed by atoms with E-state index in [1.807, 2.05) is 47.3 Å². The zero-order valence-corrected chi connectivity index (χ0v) is 16.0. The van der Waals surface area contributed by atoms with Crippen LogP contribution in [0.5, 0.6) is 0 Å². The molecule has 0 aromatic heterocycles. The molecular weight excluding hydrogens is 316 g/mol. The molecule has 0 aliphatic rings. The molecule has 0 spiro atoms. The summed E-state index contributed by atoms with van der Waals surface area (Å²) < 4.78 is 29.3. The number of aliphatic hydroxyl groups excluding tert-OH is 1. The first-order chi connectivity index (χ1) is 10.4. The van der Waals surface area contributed by atoms with Gasteiger partial charge < -0.3 is 10.0 Å². The van der Waals surface area contributed by atoms with Crippen molar-refractivity contribution in [2.45, 2.75) is 66.0 Å².